The van der Waals surface area contributed by atoms with Crippen molar-refractivity contribution in [3.8, 4) is 5.75 Å². The topological polar surface area (TPSA) is 71.6 Å². The van der Waals surface area contributed by atoms with Gasteiger partial charge in [0.05, 0.1) is 6.61 Å². The molecule has 0 aliphatic carbocycles. The summed E-state index contributed by atoms with van der Waals surface area (Å²) in [6.45, 7) is 8.40. The number of ether oxygens (including phenoxy) is 2. The van der Waals surface area contributed by atoms with E-state index in [-0.39, 0.29) is 11.9 Å². The van der Waals surface area contributed by atoms with Gasteiger partial charge in [0.15, 0.2) is 6.10 Å². The number of para-hydroxylation sites is 1. The zero-order valence-electron chi connectivity index (χ0n) is 19.1. The van der Waals surface area contributed by atoms with E-state index in [9.17, 15) is 9.59 Å². The molecule has 6 heteroatoms. The molecule has 3 aromatic rings. The molecule has 1 atom stereocenters. The number of aromatic nitrogens is 1. The number of nitrogens with one attached hydrogen (secondary N) is 1. The van der Waals surface area contributed by atoms with Crippen LogP contribution in [-0.2, 0) is 22.6 Å². The maximum absolute atomic E-state index is 13.4. The van der Waals surface area contributed by atoms with E-state index >= 15 is 0 Å². The Morgan fingerprint density at radius 2 is 1.59 bits per heavy atom. The lowest BCUT2D eigenvalue weighted by Gasteiger charge is -2.27. The molecule has 6 nitrogen and oxygen atoms in total. The van der Waals surface area contributed by atoms with Crippen LogP contribution in [0.1, 0.15) is 46.7 Å². The quantitative estimate of drug-likeness (QED) is 0.491. The standard InChI is InChI=1S/C26H30N2O4/c1-5-31-26(30)24-18(2)23(19(3)27-24)17-28(16-21-12-8-6-9-13-21)25(29)20(4)32-22-14-10-7-11-15-22/h6-15,20,27H,5,16-17H2,1-4H3. The normalized spacial score (nSPS) is 11.6. The van der Waals surface area contributed by atoms with Crippen LogP contribution in [0, 0.1) is 13.8 Å². The second kappa shape index (κ2) is 10.7. The Kier molecular flexibility index (Phi) is 7.71. The number of aromatic amines is 1. The number of esters is 1. The molecule has 0 saturated carbocycles. The summed E-state index contributed by atoms with van der Waals surface area (Å²) in [4.78, 5) is 30.6. The fourth-order valence-electron chi connectivity index (χ4n) is 3.65. The molecular weight excluding hydrogens is 404 g/mol. The van der Waals surface area contributed by atoms with Crippen LogP contribution in [0.4, 0.5) is 0 Å². The Labute approximate surface area is 189 Å². The van der Waals surface area contributed by atoms with Crippen molar-refractivity contribution in [1.29, 1.82) is 0 Å². The Balaban J connectivity index is 1.86. The smallest absolute Gasteiger partial charge is 0.355 e. The third kappa shape index (κ3) is 5.58. The molecule has 1 unspecified atom stereocenters. The minimum Gasteiger partial charge on any atom is -0.481 e. The van der Waals surface area contributed by atoms with Crippen LogP contribution in [-0.4, -0.2) is 34.5 Å². The van der Waals surface area contributed by atoms with Gasteiger partial charge in [0.25, 0.3) is 5.91 Å². The number of benzene rings is 2. The van der Waals surface area contributed by atoms with Crippen LogP contribution in [0.15, 0.2) is 60.7 Å². The molecule has 1 N–H and O–H groups in total. The summed E-state index contributed by atoms with van der Waals surface area (Å²) in [7, 11) is 0. The lowest BCUT2D eigenvalue weighted by atomic mass is 10.1. The van der Waals surface area contributed by atoms with Gasteiger partial charge in [-0.1, -0.05) is 48.5 Å². The van der Waals surface area contributed by atoms with Crippen molar-refractivity contribution >= 4 is 11.9 Å². The van der Waals surface area contributed by atoms with E-state index in [0.29, 0.717) is 31.1 Å². The predicted molar refractivity (Wildman–Crippen MR) is 123 cm³/mol. The highest BCUT2D eigenvalue weighted by molar-refractivity contribution is 5.90. The maximum atomic E-state index is 13.4. The summed E-state index contributed by atoms with van der Waals surface area (Å²) in [6.07, 6.45) is -0.662. The number of rotatable bonds is 9. The van der Waals surface area contributed by atoms with Gasteiger partial charge in [-0.25, -0.2) is 4.79 Å². The highest BCUT2D eigenvalue weighted by Gasteiger charge is 2.26. The zero-order valence-corrected chi connectivity index (χ0v) is 19.1. The maximum Gasteiger partial charge on any atom is 0.355 e. The van der Waals surface area contributed by atoms with Gasteiger partial charge in [-0.3, -0.25) is 4.79 Å². The lowest BCUT2D eigenvalue weighted by molar-refractivity contribution is -0.139. The van der Waals surface area contributed by atoms with E-state index in [1.165, 1.54) is 0 Å². The molecule has 168 valence electrons. The molecule has 0 radical (unpaired) electrons. The molecule has 0 aliphatic rings. The van der Waals surface area contributed by atoms with E-state index < -0.39 is 6.10 Å². The molecule has 3 rings (SSSR count). The molecule has 1 heterocycles. The van der Waals surface area contributed by atoms with Gasteiger partial charge in [0.1, 0.15) is 11.4 Å². The van der Waals surface area contributed by atoms with Crippen LogP contribution in [0.5, 0.6) is 5.75 Å². The summed E-state index contributed by atoms with van der Waals surface area (Å²) in [5.41, 5.74) is 3.99. The Bertz CT molecular complexity index is 1040. The summed E-state index contributed by atoms with van der Waals surface area (Å²) < 4.78 is 11.1. The largest absolute Gasteiger partial charge is 0.481 e. The average molecular weight is 435 g/mol. The fraction of sp³-hybridized carbons (Fsp3) is 0.308. The van der Waals surface area contributed by atoms with Crippen LogP contribution >= 0.6 is 0 Å². The van der Waals surface area contributed by atoms with Crippen molar-refractivity contribution < 1.29 is 19.1 Å². The number of hydrogen-bond donors (Lipinski definition) is 1. The van der Waals surface area contributed by atoms with E-state index in [0.717, 1.165) is 22.4 Å². The van der Waals surface area contributed by atoms with E-state index in [2.05, 4.69) is 4.98 Å². The first-order chi connectivity index (χ1) is 15.4. The third-order valence-electron chi connectivity index (χ3n) is 5.35. The molecule has 2 aromatic carbocycles. The first kappa shape index (κ1) is 23.1. The van der Waals surface area contributed by atoms with Crippen molar-refractivity contribution in [2.75, 3.05) is 6.61 Å². The lowest BCUT2D eigenvalue weighted by Crippen LogP contribution is -2.39. The van der Waals surface area contributed by atoms with E-state index in [4.69, 9.17) is 9.47 Å². The molecular formula is C26H30N2O4. The van der Waals surface area contributed by atoms with Crippen molar-refractivity contribution in [2.24, 2.45) is 0 Å². The van der Waals surface area contributed by atoms with Gasteiger partial charge in [-0.15, -0.1) is 0 Å². The number of nitrogens with zero attached hydrogens (tertiary/aromatic N) is 1. The van der Waals surface area contributed by atoms with Gasteiger partial charge in [0.2, 0.25) is 0 Å². The molecule has 0 bridgehead atoms. The van der Waals surface area contributed by atoms with Crippen LogP contribution in [0.3, 0.4) is 0 Å². The minimum absolute atomic E-state index is 0.129. The third-order valence-corrected chi connectivity index (χ3v) is 5.35. The number of carbonyl (C=O) groups is 2. The van der Waals surface area contributed by atoms with Gasteiger partial charge in [-0.05, 0) is 56.5 Å². The first-order valence-corrected chi connectivity index (χ1v) is 10.8. The summed E-state index contributed by atoms with van der Waals surface area (Å²) in [5.74, 6) is 0.128. The molecule has 1 aromatic heterocycles. The van der Waals surface area contributed by atoms with Gasteiger partial charge in [0, 0.05) is 18.8 Å². The Hall–Kier alpha value is -3.54. The second-order valence-electron chi connectivity index (χ2n) is 7.70. The minimum atomic E-state index is -0.662. The fourth-order valence-corrected chi connectivity index (χ4v) is 3.65. The Morgan fingerprint density at radius 1 is 0.969 bits per heavy atom. The molecule has 0 spiro atoms. The zero-order chi connectivity index (χ0) is 23.1. The molecule has 32 heavy (non-hydrogen) atoms. The summed E-state index contributed by atoms with van der Waals surface area (Å²) in [6, 6.07) is 19.1. The number of carbonyl (C=O) groups excluding carboxylic acids is 2. The van der Waals surface area contributed by atoms with Crippen LogP contribution < -0.4 is 4.74 Å². The average Bonchev–Trinajstić information content (AvgIpc) is 3.08. The number of H-pyrrole nitrogens is 1. The number of amides is 1. The van der Waals surface area contributed by atoms with Gasteiger partial charge in [-0.2, -0.15) is 0 Å². The van der Waals surface area contributed by atoms with E-state index in [1.807, 2.05) is 74.5 Å². The SMILES string of the molecule is CCOC(=O)c1[nH]c(C)c(CN(Cc2ccccc2)C(=O)C(C)Oc2ccccc2)c1C. The number of aryl methyl sites for hydroxylation is 1. The second-order valence-corrected chi connectivity index (χ2v) is 7.70. The highest BCUT2D eigenvalue weighted by Crippen LogP contribution is 2.23. The van der Waals surface area contributed by atoms with E-state index in [1.54, 1.807) is 18.7 Å². The van der Waals surface area contributed by atoms with Crippen molar-refractivity contribution in [1.82, 2.24) is 9.88 Å². The molecule has 1 amide bonds. The predicted octanol–water partition coefficient (Wildman–Crippen LogP) is 4.80. The van der Waals surface area contributed by atoms with Gasteiger partial charge < -0.3 is 19.4 Å². The summed E-state index contributed by atoms with van der Waals surface area (Å²) >= 11 is 0. The first-order valence-electron chi connectivity index (χ1n) is 10.8. The molecule has 0 aliphatic heterocycles. The van der Waals surface area contributed by atoms with Crippen LogP contribution in [0.2, 0.25) is 0 Å². The summed E-state index contributed by atoms with van der Waals surface area (Å²) in [5, 5.41) is 0. The van der Waals surface area contributed by atoms with Crippen molar-refractivity contribution in [3.05, 3.63) is 88.7 Å². The van der Waals surface area contributed by atoms with Crippen molar-refractivity contribution in [2.45, 2.75) is 46.9 Å². The number of hydrogen-bond acceptors (Lipinski definition) is 4. The molecule has 0 saturated heterocycles. The van der Waals surface area contributed by atoms with Crippen LogP contribution in [0.25, 0.3) is 0 Å². The monoisotopic (exact) mass is 434 g/mol. The highest BCUT2D eigenvalue weighted by atomic mass is 16.5. The van der Waals surface area contributed by atoms with Gasteiger partial charge >= 0.3 is 5.97 Å². The van der Waals surface area contributed by atoms with Crippen molar-refractivity contribution in [3.63, 3.8) is 0 Å². The molecule has 0 fully saturated rings. The Morgan fingerprint density at radius 3 is 2.22 bits per heavy atom.